The molecule has 3 nitrogen and oxygen atoms in total. The minimum atomic E-state index is -0.471. The van der Waals surface area contributed by atoms with Crippen LogP contribution in [0.15, 0.2) is 36.5 Å². The smallest absolute Gasteiger partial charge is 0.268 e. The van der Waals surface area contributed by atoms with Gasteiger partial charge < -0.3 is 9.30 Å². The highest BCUT2D eigenvalue weighted by Crippen LogP contribution is 2.13. The molecule has 2 rings (SSSR count). The van der Waals surface area contributed by atoms with Gasteiger partial charge in [0.05, 0.1) is 7.11 Å². The van der Waals surface area contributed by atoms with E-state index in [1.807, 2.05) is 37.4 Å². The van der Waals surface area contributed by atoms with Crippen LogP contribution in [0, 0.1) is 11.8 Å². The number of halogens is 1. The maximum Gasteiger partial charge on any atom is 0.268 e. The second-order valence-corrected chi connectivity index (χ2v) is 4.50. The second kappa shape index (κ2) is 6.31. The van der Waals surface area contributed by atoms with Crippen LogP contribution in [-0.2, 0) is 6.54 Å². The van der Waals surface area contributed by atoms with E-state index in [2.05, 4.69) is 11.8 Å². The van der Waals surface area contributed by atoms with Gasteiger partial charge >= 0.3 is 0 Å². The highest BCUT2D eigenvalue weighted by atomic mass is 35.5. The number of carbonyl (C=O) groups is 1. The molecule has 4 heteroatoms. The summed E-state index contributed by atoms with van der Waals surface area (Å²) in [4.78, 5) is 11.3. The normalized spacial score (nSPS) is 9.75. The molecule has 20 heavy (non-hydrogen) atoms. The molecule has 1 aromatic carbocycles. The van der Waals surface area contributed by atoms with Crippen LogP contribution in [0.4, 0.5) is 0 Å². The lowest BCUT2D eigenvalue weighted by Crippen LogP contribution is -2.01. The van der Waals surface area contributed by atoms with Gasteiger partial charge in [-0.2, -0.15) is 0 Å². The predicted molar refractivity (Wildman–Crippen MR) is 79.3 cm³/mol. The summed E-state index contributed by atoms with van der Waals surface area (Å²) in [5.41, 5.74) is 2.08. The number of hydrogen-bond donors (Lipinski definition) is 0. The van der Waals surface area contributed by atoms with Gasteiger partial charge in [-0.3, -0.25) is 4.79 Å². The number of aromatic nitrogens is 1. The first-order chi connectivity index (χ1) is 9.63. The molecule has 0 saturated carbocycles. The van der Waals surface area contributed by atoms with Gasteiger partial charge in [-0.25, -0.2) is 0 Å². The van der Waals surface area contributed by atoms with Crippen molar-refractivity contribution in [1.29, 1.82) is 0 Å². The summed E-state index contributed by atoms with van der Waals surface area (Å²) in [6, 6.07) is 9.21. The van der Waals surface area contributed by atoms with E-state index in [9.17, 15) is 4.79 Å². The average molecular weight is 288 g/mol. The summed E-state index contributed by atoms with van der Waals surface area (Å²) in [5.74, 6) is 6.83. The first kappa shape index (κ1) is 14.2. The van der Waals surface area contributed by atoms with E-state index in [1.54, 1.807) is 17.7 Å². The third kappa shape index (κ3) is 3.23. The Morgan fingerprint density at radius 1 is 1.30 bits per heavy atom. The van der Waals surface area contributed by atoms with E-state index in [-0.39, 0.29) is 0 Å². The van der Waals surface area contributed by atoms with E-state index in [0.717, 1.165) is 16.9 Å². The van der Waals surface area contributed by atoms with Crippen molar-refractivity contribution in [3.05, 3.63) is 53.3 Å². The lowest BCUT2D eigenvalue weighted by Gasteiger charge is -1.99. The van der Waals surface area contributed by atoms with Crippen molar-refractivity contribution in [3.8, 4) is 17.6 Å². The van der Waals surface area contributed by atoms with Crippen molar-refractivity contribution in [2.45, 2.75) is 13.5 Å². The van der Waals surface area contributed by atoms with Crippen molar-refractivity contribution in [2.24, 2.45) is 0 Å². The fourth-order valence-electron chi connectivity index (χ4n) is 1.85. The average Bonchev–Trinajstić information content (AvgIpc) is 2.89. The Kier molecular flexibility index (Phi) is 4.49. The molecule has 1 aromatic heterocycles. The van der Waals surface area contributed by atoms with Gasteiger partial charge in [0.1, 0.15) is 11.4 Å². The van der Waals surface area contributed by atoms with Gasteiger partial charge in [0.25, 0.3) is 5.24 Å². The molecule has 0 atom stereocenters. The van der Waals surface area contributed by atoms with Crippen molar-refractivity contribution in [2.75, 3.05) is 7.11 Å². The summed E-state index contributed by atoms with van der Waals surface area (Å²) in [7, 11) is 1.62. The first-order valence-electron chi connectivity index (χ1n) is 6.20. The van der Waals surface area contributed by atoms with Gasteiger partial charge in [-0.05, 0) is 42.8 Å². The van der Waals surface area contributed by atoms with Gasteiger partial charge in [0.2, 0.25) is 0 Å². The minimum Gasteiger partial charge on any atom is -0.497 e. The SMILES string of the molecule is CCn1cc(C#Cc2cccc(OC)c2)cc1C(=O)Cl. The maximum absolute atomic E-state index is 11.3. The van der Waals surface area contributed by atoms with E-state index < -0.39 is 5.24 Å². The van der Waals surface area contributed by atoms with E-state index in [1.165, 1.54) is 0 Å². The monoisotopic (exact) mass is 287 g/mol. The number of ether oxygens (including phenoxy) is 1. The summed E-state index contributed by atoms with van der Waals surface area (Å²) in [6.07, 6.45) is 1.82. The molecular weight excluding hydrogens is 274 g/mol. The fourth-order valence-corrected chi connectivity index (χ4v) is 2.01. The molecule has 0 spiro atoms. The number of hydrogen-bond acceptors (Lipinski definition) is 2. The number of benzene rings is 1. The molecule has 0 bridgehead atoms. The standard InChI is InChI=1S/C16H14ClNO2/c1-3-18-11-13(10-15(18)16(17)19)8-7-12-5-4-6-14(9-12)20-2/h4-6,9-11H,3H2,1-2H3. The van der Waals surface area contributed by atoms with Crippen LogP contribution in [0.1, 0.15) is 28.5 Å². The molecular formula is C16H14ClNO2. The Bertz CT molecular complexity index is 692. The highest BCUT2D eigenvalue weighted by Gasteiger charge is 2.09. The highest BCUT2D eigenvalue weighted by molar-refractivity contribution is 6.67. The van der Waals surface area contributed by atoms with Crippen LogP contribution < -0.4 is 4.74 Å². The van der Waals surface area contributed by atoms with Crippen molar-refractivity contribution >= 4 is 16.8 Å². The molecule has 0 aliphatic heterocycles. The quantitative estimate of drug-likeness (QED) is 0.641. The fraction of sp³-hybridized carbons (Fsp3) is 0.188. The van der Waals surface area contributed by atoms with Gasteiger partial charge in [-0.1, -0.05) is 17.9 Å². The van der Waals surface area contributed by atoms with Crippen LogP contribution in [0.3, 0.4) is 0 Å². The molecule has 0 amide bonds. The third-order valence-corrected chi connectivity index (χ3v) is 3.05. The molecule has 0 saturated heterocycles. The van der Waals surface area contributed by atoms with Crippen LogP contribution >= 0.6 is 11.6 Å². The molecule has 0 N–H and O–H groups in total. The molecule has 1 heterocycles. The topological polar surface area (TPSA) is 31.2 Å². The molecule has 0 aliphatic rings. The van der Waals surface area contributed by atoms with Gasteiger partial charge in [0, 0.05) is 23.9 Å². The van der Waals surface area contributed by atoms with Gasteiger partial charge in [0.15, 0.2) is 0 Å². The first-order valence-corrected chi connectivity index (χ1v) is 6.58. The summed E-state index contributed by atoms with van der Waals surface area (Å²) >= 11 is 5.53. The third-order valence-electron chi connectivity index (χ3n) is 2.86. The zero-order valence-corrected chi connectivity index (χ0v) is 12.1. The van der Waals surface area contributed by atoms with Crippen LogP contribution in [0.5, 0.6) is 5.75 Å². The number of carbonyl (C=O) groups excluding carboxylic acids is 1. The van der Waals surface area contributed by atoms with E-state index in [0.29, 0.717) is 12.2 Å². The lowest BCUT2D eigenvalue weighted by molar-refractivity contribution is 0.107. The zero-order chi connectivity index (χ0) is 14.5. The molecule has 0 radical (unpaired) electrons. The van der Waals surface area contributed by atoms with Crippen molar-refractivity contribution < 1.29 is 9.53 Å². The number of methoxy groups -OCH3 is 1. The predicted octanol–water partition coefficient (Wildman–Crippen LogP) is 3.30. The lowest BCUT2D eigenvalue weighted by atomic mass is 10.2. The Labute approximate surface area is 123 Å². The van der Waals surface area contributed by atoms with E-state index in [4.69, 9.17) is 16.3 Å². The summed E-state index contributed by atoms with van der Waals surface area (Å²) in [6.45, 7) is 2.62. The Hall–Kier alpha value is -2.18. The molecule has 102 valence electrons. The van der Waals surface area contributed by atoms with Crippen LogP contribution in [-0.4, -0.2) is 16.9 Å². The van der Waals surface area contributed by atoms with Gasteiger partial charge in [-0.15, -0.1) is 0 Å². The maximum atomic E-state index is 11.3. The second-order valence-electron chi connectivity index (χ2n) is 4.16. The summed E-state index contributed by atoms with van der Waals surface area (Å²) < 4.78 is 6.93. The Morgan fingerprint density at radius 3 is 2.65 bits per heavy atom. The van der Waals surface area contributed by atoms with Crippen molar-refractivity contribution in [1.82, 2.24) is 4.57 Å². The van der Waals surface area contributed by atoms with Crippen LogP contribution in [0.2, 0.25) is 0 Å². The molecule has 0 aliphatic carbocycles. The molecule has 0 fully saturated rings. The number of aryl methyl sites for hydroxylation is 1. The Balaban J connectivity index is 2.30. The number of nitrogens with zero attached hydrogens (tertiary/aromatic N) is 1. The minimum absolute atomic E-state index is 0.462. The Morgan fingerprint density at radius 2 is 2.05 bits per heavy atom. The van der Waals surface area contributed by atoms with Crippen molar-refractivity contribution in [3.63, 3.8) is 0 Å². The zero-order valence-electron chi connectivity index (χ0n) is 11.3. The molecule has 0 unspecified atom stereocenters. The molecule has 2 aromatic rings. The summed E-state index contributed by atoms with van der Waals surface area (Å²) in [5, 5.41) is -0.471. The van der Waals surface area contributed by atoms with Crippen LogP contribution in [0.25, 0.3) is 0 Å². The number of rotatable bonds is 3. The van der Waals surface area contributed by atoms with E-state index >= 15 is 0 Å². The largest absolute Gasteiger partial charge is 0.497 e.